The van der Waals surface area contributed by atoms with Crippen molar-refractivity contribution in [3.63, 3.8) is 0 Å². The van der Waals surface area contributed by atoms with Crippen molar-refractivity contribution in [3.05, 3.63) is 78.5 Å². The fourth-order valence-corrected chi connectivity index (χ4v) is 5.31. The molecule has 0 N–H and O–H groups in total. The van der Waals surface area contributed by atoms with Crippen LogP contribution in [0.2, 0.25) is 0 Å². The van der Waals surface area contributed by atoms with Gasteiger partial charge in [-0.2, -0.15) is 0 Å². The lowest BCUT2D eigenvalue weighted by molar-refractivity contribution is 0.0353. The van der Waals surface area contributed by atoms with Crippen molar-refractivity contribution >= 4 is 48.7 Å². The second-order valence-corrected chi connectivity index (χ2v) is 9.91. The van der Waals surface area contributed by atoms with E-state index in [0.717, 1.165) is 53.8 Å². The molecule has 1 fully saturated rings. The Morgan fingerprint density at radius 3 is 2.53 bits per heavy atom. The summed E-state index contributed by atoms with van der Waals surface area (Å²) in [7, 11) is 0. The third-order valence-corrected chi connectivity index (χ3v) is 7.06. The summed E-state index contributed by atoms with van der Waals surface area (Å²) in [5.74, 6) is -0.0740. The van der Waals surface area contributed by atoms with Gasteiger partial charge in [0.05, 0.1) is 30.2 Å². The molecule has 5 rings (SSSR count). The Morgan fingerprint density at radius 1 is 0.969 bits per heavy atom. The van der Waals surface area contributed by atoms with Crippen molar-refractivity contribution in [2.24, 2.45) is 0 Å². The number of amides is 1. The molecule has 1 saturated heterocycles. The first-order valence-electron chi connectivity index (χ1n) is 10.7. The van der Waals surface area contributed by atoms with Gasteiger partial charge < -0.3 is 14.1 Å². The van der Waals surface area contributed by atoms with E-state index < -0.39 is 6.04 Å². The van der Waals surface area contributed by atoms with Gasteiger partial charge in [0.25, 0.3) is 5.91 Å². The first-order chi connectivity index (χ1) is 15.5. The van der Waals surface area contributed by atoms with Gasteiger partial charge in [-0.3, -0.25) is 14.5 Å². The number of halogens is 2. The molecule has 166 valence electrons. The Labute approximate surface area is 202 Å². The lowest BCUT2D eigenvalue weighted by Crippen LogP contribution is -2.38. The molecule has 3 heterocycles. The van der Waals surface area contributed by atoms with Crippen LogP contribution in [0.5, 0.6) is 0 Å². The van der Waals surface area contributed by atoms with E-state index in [4.69, 9.17) is 9.15 Å². The number of benzene rings is 2. The van der Waals surface area contributed by atoms with Crippen LogP contribution < -0.4 is 5.43 Å². The van der Waals surface area contributed by atoms with Crippen LogP contribution in [0, 0.1) is 0 Å². The molecule has 0 bridgehead atoms. The van der Waals surface area contributed by atoms with Gasteiger partial charge in [0, 0.05) is 35.1 Å². The van der Waals surface area contributed by atoms with Gasteiger partial charge in [0.2, 0.25) is 5.76 Å². The SMILES string of the molecule is O=C1c2oc3ccc(Br)cc3c(=O)c2[C@H](c2cccc(Br)c2)N1CCCN1CCOCC1. The second kappa shape index (κ2) is 9.09. The molecule has 8 heteroatoms. The molecule has 1 atom stereocenters. The van der Waals surface area contributed by atoms with E-state index in [1.165, 1.54) is 0 Å². The molecule has 0 aliphatic carbocycles. The Kier molecular flexibility index (Phi) is 6.20. The highest BCUT2D eigenvalue weighted by Crippen LogP contribution is 2.39. The third-order valence-electron chi connectivity index (χ3n) is 6.07. The third kappa shape index (κ3) is 4.05. The molecule has 3 aromatic rings. The largest absolute Gasteiger partial charge is 0.450 e. The van der Waals surface area contributed by atoms with Gasteiger partial charge in [-0.25, -0.2) is 0 Å². The standard InChI is InChI=1S/C24H22Br2N2O4/c25-16-4-1-3-15(13-16)21-20-22(29)18-14-17(26)5-6-19(18)32-23(20)24(30)28(21)8-2-7-27-9-11-31-12-10-27/h1,3-6,13-14,21H,2,7-12H2/t21-/m0/s1. The predicted octanol–water partition coefficient (Wildman–Crippen LogP) is 4.59. The van der Waals surface area contributed by atoms with Gasteiger partial charge in [-0.15, -0.1) is 0 Å². The molecular formula is C24H22Br2N2O4. The van der Waals surface area contributed by atoms with Crippen LogP contribution in [0.3, 0.4) is 0 Å². The van der Waals surface area contributed by atoms with Crippen LogP contribution >= 0.6 is 31.9 Å². The lowest BCUT2D eigenvalue weighted by atomic mass is 9.98. The fourth-order valence-electron chi connectivity index (χ4n) is 4.54. The summed E-state index contributed by atoms with van der Waals surface area (Å²) in [4.78, 5) is 31.1. The highest BCUT2D eigenvalue weighted by molar-refractivity contribution is 9.10. The maximum Gasteiger partial charge on any atom is 0.290 e. The van der Waals surface area contributed by atoms with Gasteiger partial charge in [0.1, 0.15) is 5.58 Å². The highest BCUT2D eigenvalue weighted by atomic mass is 79.9. The summed E-state index contributed by atoms with van der Waals surface area (Å²) in [6.07, 6.45) is 0.809. The summed E-state index contributed by atoms with van der Waals surface area (Å²) >= 11 is 6.96. The first kappa shape index (κ1) is 21.8. The molecular weight excluding hydrogens is 540 g/mol. The number of fused-ring (bicyclic) bond motifs is 2. The average molecular weight is 562 g/mol. The predicted molar refractivity (Wildman–Crippen MR) is 129 cm³/mol. The number of hydrogen-bond acceptors (Lipinski definition) is 5. The maximum absolute atomic E-state index is 13.6. The van der Waals surface area contributed by atoms with Crippen molar-refractivity contribution in [1.29, 1.82) is 0 Å². The van der Waals surface area contributed by atoms with Crippen molar-refractivity contribution in [1.82, 2.24) is 9.80 Å². The van der Waals surface area contributed by atoms with Crippen molar-refractivity contribution in [2.75, 3.05) is 39.4 Å². The van der Waals surface area contributed by atoms with Crippen molar-refractivity contribution < 1.29 is 13.9 Å². The summed E-state index contributed by atoms with van der Waals surface area (Å²) in [6, 6.07) is 12.6. The number of carbonyl (C=O) groups is 1. The molecule has 6 nitrogen and oxygen atoms in total. The molecule has 0 saturated carbocycles. The minimum Gasteiger partial charge on any atom is -0.450 e. The summed E-state index contributed by atoms with van der Waals surface area (Å²) in [6.45, 7) is 4.72. The number of morpholine rings is 1. The highest BCUT2D eigenvalue weighted by Gasteiger charge is 2.42. The molecule has 0 radical (unpaired) electrons. The van der Waals surface area contributed by atoms with Gasteiger partial charge >= 0.3 is 0 Å². The molecule has 1 amide bonds. The van der Waals surface area contributed by atoms with E-state index in [1.807, 2.05) is 30.3 Å². The zero-order valence-electron chi connectivity index (χ0n) is 17.4. The van der Waals surface area contributed by atoms with E-state index >= 15 is 0 Å². The summed E-state index contributed by atoms with van der Waals surface area (Å²) < 4.78 is 13.1. The van der Waals surface area contributed by atoms with Crippen LogP contribution in [0.25, 0.3) is 11.0 Å². The van der Waals surface area contributed by atoms with E-state index in [0.29, 0.717) is 23.1 Å². The molecule has 2 aliphatic rings. The van der Waals surface area contributed by atoms with Crippen LogP contribution in [-0.2, 0) is 4.74 Å². The fraction of sp³-hybridized carbons (Fsp3) is 0.333. The Morgan fingerprint density at radius 2 is 1.75 bits per heavy atom. The van der Waals surface area contributed by atoms with Gasteiger partial charge in [-0.05, 0) is 42.3 Å². The van der Waals surface area contributed by atoms with Gasteiger partial charge in [0.15, 0.2) is 5.43 Å². The Hall–Kier alpha value is -2.00. The topological polar surface area (TPSA) is 63.0 Å². The van der Waals surface area contributed by atoms with Crippen LogP contribution in [0.15, 0.2) is 60.6 Å². The Balaban J connectivity index is 1.54. The minimum absolute atomic E-state index is 0.154. The number of carbonyl (C=O) groups excluding carboxylic acids is 1. The molecule has 2 aliphatic heterocycles. The van der Waals surface area contributed by atoms with Crippen molar-refractivity contribution in [3.8, 4) is 0 Å². The van der Waals surface area contributed by atoms with E-state index in [2.05, 4.69) is 36.8 Å². The minimum atomic E-state index is -0.473. The van der Waals surface area contributed by atoms with Gasteiger partial charge in [-0.1, -0.05) is 44.0 Å². The first-order valence-corrected chi connectivity index (χ1v) is 12.2. The number of hydrogen-bond donors (Lipinski definition) is 0. The molecule has 0 spiro atoms. The molecule has 1 aromatic heterocycles. The van der Waals surface area contributed by atoms with E-state index in [1.54, 1.807) is 17.0 Å². The normalized spacial score (nSPS) is 19.0. The smallest absolute Gasteiger partial charge is 0.290 e. The zero-order valence-corrected chi connectivity index (χ0v) is 20.5. The number of ether oxygens (including phenoxy) is 1. The summed E-state index contributed by atoms with van der Waals surface area (Å²) in [5, 5.41) is 0.473. The maximum atomic E-state index is 13.6. The molecule has 2 aromatic carbocycles. The quantitative estimate of drug-likeness (QED) is 0.456. The van der Waals surface area contributed by atoms with Crippen molar-refractivity contribution in [2.45, 2.75) is 12.5 Å². The number of rotatable bonds is 5. The van der Waals surface area contributed by atoms with E-state index in [9.17, 15) is 9.59 Å². The summed E-state index contributed by atoms with van der Waals surface area (Å²) in [5.41, 5.74) is 1.58. The Bertz CT molecular complexity index is 1240. The lowest BCUT2D eigenvalue weighted by Gasteiger charge is -2.29. The zero-order chi connectivity index (χ0) is 22.2. The number of nitrogens with zero attached hydrogens (tertiary/aromatic N) is 2. The van der Waals surface area contributed by atoms with Crippen LogP contribution in [0.1, 0.15) is 34.1 Å². The monoisotopic (exact) mass is 560 g/mol. The molecule has 0 unspecified atom stereocenters. The van der Waals surface area contributed by atoms with Crippen LogP contribution in [0.4, 0.5) is 0 Å². The second-order valence-electron chi connectivity index (χ2n) is 8.08. The molecule has 32 heavy (non-hydrogen) atoms. The average Bonchev–Trinajstić information content (AvgIpc) is 3.07. The van der Waals surface area contributed by atoms with Crippen LogP contribution in [-0.4, -0.2) is 55.1 Å². The van der Waals surface area contributed by atoms with E-state index in [-0.39, 0.29) is 17.1 Å².